The van der Waals surface area contributed by atoms with Gasteiger partial charge in [0.05, 0.1) is 17.9 Å². The monoisotopic (exact) mass is 472 g/mol. The van der Waals surface area contributed by atoms with Crippen LogP contribution in [0.15, 0.2) is 18.2 Å². The van der Waals surface area contributed by atoms with Crippen LogP contribution in [0.4, 0.5) is 24.5 Å². The molecule has 1 fully saturated rings. The molecule has 1 atom stereocenters. The van der Waals surface area contributed by atoms with Gasteiger partial charge < -0.3 is 20.7 Å². The van der Waals surface area contributed by atoms with Gasteiger partial charge >= 0.3 is 6.18 Å². The molecule has 3 amide bonds. The van der Waals surface area contributed by atoms with Crippen LogP contribution >= 0.6 is 0 Å². The summed E-state index contributed by atoms with van der Waals surface area (Å²) in [5.41, 5.74) is 3.88. The van der Waals surface area contributed by atoms with Gasteiger partial charge in [0, 0.05) is 25.3 Å². The Labute approximate surface area is 191 Å². The number of amides is 3. The van der Waals surface area contributed by atoms with E-state index >= 15 is 0 Å². The van der Waals surface area contributed by atoms with Crippen molar-refractivity contribution in [3.05, 3.63) is 23.8 Å². The zero-order chi connectivity index (χ0) is 24.9. The highest BCUT2D eigenvalue weighted by molar-refractivity contribution is 6.10. The summed E-state index contributed by atoms with van der Waals surface area (Å²) in [6.45, 7) is 8.42. The van der Waals surface area contributed by atoms with Crippen molar-refractivity contribution < 1.29 is 32.3 Å². The quantitative estimate of drug-likeness (QED) is 0.538. The standard InChI is InChI=1S/C22H31F3N4O4/c1-13(2)10-28(11-14(3)4)19(20(26)31)21(32)27-17-6-5-15(9-16(17)22(23,24)25)29-7-8-33-12-18(29)30/h5-6,9,13-14,19H,7-8,10-12H2,1-4H3,(H2,26,31)(H,27,32)/t19-/m0/s1. The second-order valence-electron chi connectivity index (χ2n) is 8.86. The molecule has 0 spiro atoms. The van der Waals surface area contributed by atoms with Gasteiger partial charge in [-0.25, -0.2) is 0 Å². The van der Waals surface area contributed by atoms with E-state index in [1.54, 1.807) is 4.90 Å². The molecule has 11 heteroatoms. The number of rotatable bonds is 9. The summed E-state index contributed by atoms with van der Waals surface area (Å²) in [7, 11) is 0. The summed E-state index contributed by atoms with van der Waals surface area (Å²) in [6, 6.07) is 1.76. The fourth-order valence-corrected chi connectivity index (χ4v) is 3.73. The number of nitrogens with two attached hydrogens (primary N) is 1. The predicted octanol–water partition coefficient (Wildman–Crippen LogP) is 2.47. The van der Waals surface area contributed by atoms with E-state index in [1.807, 2.05) is 27.7 Å². The van der Waals surface area contributed by atoms with Crippen LogP contribution in [0, 0.1) is 11.8 Å². The highest BCUT2D eigenvalue weighted by Gasteiger charge is 2.37. The van der Waals surface area contributed by atoms with Crippen LogP contribution in [0.3, 0.4) is 0 Å². The van der Waals surface area contributed by atoms with Gasteiger partial charge in [0.2, 0.25) is 5.91 Å². The number of morpholine rings is 1. The molecule has 1 aromatic rings. The number of ether oxygens (including phenoxy) is 1. The van der Waals surface area contributed by atoms with Crippen LogP contribution < -0.4 is 16.0 Å². The molecular weight excluding hydrogens is 441 g/mol. The Balaban J connectivity index is 2.38. The molecule has 1 aliphatic heterocycles. The minimum atomic E-state index is -4.81. The van der Waals surface area contributed by atoms with Crippen molar-refractivity contribution in [2.75, 3.05) is 43.1 Å². The number of benzene rings is 1. The average Bonchev–Trinajstić information content (AvgIpc) is 2.66. The molecule has 1 saturated heterocycles. The van der Waals surface area contributed by atoms with Gasteiger partial charge in [-0.05, 0) is 30.0 Å². The van der Waals surface area contributed by atoms with Crippen molar-refractivity contribution >= 4 is 29.1 Å². The molecule has 1 aromatic carbocycles. The van der Waals surface area contributed by atoms with Gasteiger partial charge in [0.1, 0.15) is 6.61 Å². The summed E-state index contributed by atoms with van der Waals surface area (Å²) in [5, 5.41) is 2.24. The third-order valence-electron chi connectivity index (χ3n) is 4.95. The maximum atomic E-state index is 13.8. The van der Waals surface area contributed by atoms with Crippen molar-refractivity contribution in [3.8, 4) is 0 Å². The molecule has 0 aromatic heterocycles. The van der Waals surface area contributed by atoms with Crippen LogP contribution in [0.25, 0.3) is 0 Å². The number of primary amides is 1. The number of nitrogens with zero attached hydrogens (tertiary/aromatic N) is 2. The molecule has 33 heavy (non-hydrogen) atoms. The molecule has 1 heterocycles. The van der Waals surface area contributed by atoms with Crippen molar-refractivity contribution in [2.24, 2.45) is 17.6 Å². The molecule has 0 unspecified atom stereocenters. The highest BCUT2D eigenvalue weighted by Crippen LogP contribution is 2.37. The lowest BCUT2D eigenvalue weighted by atomic mass is 10.1. The Hall–Kier alpha value is -2.66. The predicted molar refractivity (Wildman–Crippen MR) is 117 cm³/mol. The largest absolute Gasteiger partial charge is 0.418 e. The van der Waals surface area contributed by atoms with Crippen LogP contribution in [-0.2, 0) is 25.3 Å². The fraction of sp³-hybridized carbons (Fsp3) is 0.591. The SMILES string of the molecule is CC(C)CN(CC(C)C)[C@@H](C(N)=O)C(=O)Nc1ccc(N2CCOCC2=O)cc1C(F)(F)F. The number of carbonyl (C=O) groups excluding carboxylic acids is 3. The highest BCUT2D eigenvalue weighted by atomic mass is 19.4. The number of hydrogen-bond donors (Lipinski definition) is 2. The molecule has 2 rings (SSSR count). The minimum absolute atomic E-state index is 0.0429. The number of halogens is 3. The molecule has 0 aliphatic carbocycles. The topological polar surface area (TPSA) is 105 Å². The minimum Gasteiger partial charge on any atom is -0.370 e. The third kappa shape index (κ3) is 7.16. The Morgan fingerprint density at radius 3 is 2.27 bits per heavy atom. The summed E-state index contributed by atoms with van der Waals surface area (Å²) in [5.74, 6) is -2.16. The van der Waals surface area contributed by atoms with E-state index in [0.717, 1.165) is 12.1 Å². The summed E-state index contributed by atoms with van der Waals surface area (Å²) in [6.07, 6.45) is -4.81. The molecule has 8 nitrogen and oxygen atoms in total. The first-order chi connectivity index (χ1) is 15.3. The number of nitrogens with one attached hydrogen (secondary N) is 1. The van der Waals surface area contributed by atoms with E-state index in [2.05, 4.69) is 5.32 Å². The van der Waals surface area contributed by atoms with E-state index in [0.29, 0.717) is 13.1 Å². The van der Waals surface area contributed by atoms with Crippen molar-refractivity contribution in [1.29, 1.82) is 0 Å². The first-order valence-electron chi connectivity index (χ1n) is 10.7. The van der Waals surface area contributed by atoms with E-state index in [1.165, 1.54) is 11.0 Å². The third-order valence-corrected chi connectivity index (χ3v) is 4.95. The van der Waals surface area contributed by atoms with Gasteiger partial charge in [-0.3, -0.25) is 19.3 Å². The second-order valence-corrected chi connectivity index (χ2v) is 8.86. The first-order valence-corrected chi connectivity index (χ1v) is 10.7. The molecule has 0 radical (unpaired) electrons. The molecule has 184 valence electrons. The Kier molecular flexibility index (Phi) is 8.84. The zero-order valence-corrected chi connectivity index (χ0v) is 19.2. The van der Waals surface area contributed by atoms with E-state index in [-0.39, 0.29) is 37.3 Å². The molecule has 3 N–H and O–H groups in total. The van der Waals surface area contributed by atoms with E-state index in [9.17, 15) is 27.6 Å². The van der Waals surface area contributed by atoms with Crippen molar-refractivity contribution in [1.82, 2.24) is 4.90 Å². The van der Waals surface area contributed by atoms with Crippen LogP contribution in [0.5, 0.6) is 0 Å². The second kappa shape index (κ2) is 11.0. The van der Waals surface area contributed by atoms with Gasteiger partial charge in [0.25, 0.3) is 11.8 Å². The molecular formula is C22H31F3N4O4. The lowest BCUT2D eigenvalue weighted by Crippen LogP contribution is -2.54. The number of carbonyl (C=O) groups is 3. The van der Waals surface area contributed by atoms with Gasteiger partial charge in [-0.2, -0.15) is 13.2 Å². The van der Waals surface area contributed by atoms with E-state index < -0.39 is 41.2 Å². The zero-order valence-electron chi connectivity index (χ0n) is 19.2. The lowest BCUT2D eigenvalue weighted by Gasteiger charge is -2.32. The van der Waals surface area contributed by atoms with Gasteiger partial charge in [0.15, 0.2) is 6.04 Å². The van der Waals surface area contributed by atoms with Crippen molar-refractivity contribution in [3.63, 3.8) is 0 Å². The summed E-state index contributed by atoms with van der Waals surface area (Å²) in [4.78, 5) is 39.9. The molecule has 0 bridgehead atoms. The molecule has 0 saturated carbocycles. The van der Waals surface area contributed by atoms with Crippen LogP contribution in [0.1, 0.15) is 33.3 Å². The number of anilines is 2. The Morgan fingerprint density at radius 1 is 1.18 bits per heavy atom. The first kappa shape index (κ1) is 26.6. The van der Waals surface area contributed by atoms with Gasteiger partial charge in [-0.1, -0.05) is 27.7 Å². The number of alkyl halides is 3. The normalized spacial score (nSPS) is 15.9. The smallest absolute Gasteiger partial charge is 0.370 e. The van der Waals surface area contributed by atoms with Gasteiger partial charge in [-0.15, -0.1) is 0 Å². The average molecular weight is 473 g/mol. The Morgan fingerprint density at radius 2 is 1.79 bits per heavy atom. The van der Waals surface area contributed by atoms with Crippen molar-refractivity contribution in [2.45, 2.75) is 39.9 Å². The maximum Gasteiger partial charge on any atom is 0.418 e. The maximum absolute atomic E-state index is 13.8. The van der Waals surface area contributed by atoms with E-state index in [4.69, 9.17) is 10.5 Å². The number of hydrogen-bond acceptors (Lipinski definition) is 5. The lowest BCUT2D eigenvalue weighted by molar-refractivity contribution is -0.137. The van der Waals surface area contributed by atoms with Crippen LogP contribution in [0.2, 0.25) is 0 Å². The Bertz CT molecular complexity index is 864. The van der Waals surface area contributed by atoms with Crippen LogP contribution in [-0.4, -0.2) is 61.5 Å². The fourth-order valence-electron chi connectivity index (χ4n) is 3.73. The summed E-state index contributed by atoms with van der Waals surface area (Å²) >= 11 is 0. The molecule has 1 aliphatic rings. The summed E-state index contributed by atoms with van der Waals surface area (Å²) < 4.78 is 46.5.